The molecular formula is C4H8O7S3. The molecule has 7 nitrogen and oxygen atoms in total. The van der Waals surface area contributed by atoms with Crippen LogP contribution in [-0.4, -0.2) is 48.7 Å². The molecule has 1 fully saturated rings. The summed E-state index contributed by atoms with van der Waals surface area (Å²) in [6.07, 6.45) is 0. The molecule has 1 rings (SSSR count). The van der Waals surface area contributed by atoms with Gasteiger partial charge in [-0.2, -0.15) is 12.8 Å². The average Bonchev–Trinajstić information content (AvgIpc) is 2.25. The predicted molar refractivity (Wildman–Crippen MR) is 49.1 cm³/mol. The van der Waals surface area contributed by atoms with E-state index in [4.69, 9.17) is 9.81 Å². The highest BCUT2D eigenvalue weighted by atomic mass is 32.2. The summed E-state index contributed by atoms with van der Waals surface area (Å²) in [4.78, 5) is 0. The Morgan fingerprint density at radius 2 is 1.93 bits per heavy atom. The minimum Gasteiger partial charge on any atom is -0.285 e. The minimum absolute atomic E-state index is 0.313. The molecule has 2 N–H and O–H groups in total. The molecule has 0 saturated carbocycles. The lowest BCUT2D eigenvalue weighted by Crippen LogP contribution is -2.30. The van der Waals surface area contributed by atoms with Crippen molar-refractivity contribution in [1.29, 1.82) is 0 Å². The monoisotopic (exact) mass is 264 g/mol. The molecule has 10 heteroatoms. The van der Waals surface area contributed by atoms with Crippen molar-refractivity contribution >= 4 is 32.0 Å². The molecule has 0 bridgehead atoms. The lowest BCUT2D eigenvalue weighted by atomic mass is 10.4. The first-order valence-electron chi connectivity index (χ1n) is 3.40. The maximum Gasteiger partial charge on any atom is 0.270 e. The van der Waals surface area contributed by atoms with Gasteiger partial charge in [0.25, 0.3) is 10.1 Å². The van der Waals surface area contributed by atoms with E-state index in [1.54, 1.807) is 0 Å². The van der Waals surface area contributed by atoms with Gasteiger partial charge in [0.05, 0.1) is 16.8 Å². The van der Waals surface area contributed by atoms with E-state index in [0.717, 1.165) is 0 Å². The van der Waals surface area contributed by atoms with E-state index in [9.17, 15) is 16.8 Å². The van der Waals surface area contributed by atoms with Crippen molar-refractivity contribution in [1.82, 2.24) is 0 Å². The van der Waals surface area contributed by atoms with Crippen LogP contribution in [0.25, 0.3) is 0 Å². The smallest absolute Gasteiger partial charge is 0.270 e. The number of sulfone groups is 1. The fraction of sp³-hybridized carbons (Fsp3) is 1.00. The highest BCUT2D eigenvalue weighted by molar-refractivity contribution is 8.00. The van der Waals surface area contributed by atoms with Gasteiger partial charge in [0.2, 0.25) is 0 Å². The maximum atomic E-state index is 11.0. The molecule has 84 valence electrons. The average molecular weight is 264 g/mol. The van der Waals surface area contributed by atoms with E-state index in [2.05, 4.69) is 4.33 Å². The van der Waals surface area contributed by atoms with E-state index in [1.165, 1.54) is 0 Å². The van der Waals surface area contributed by atoms with Crippen molar-refractivity contribution in [3.8, 4) is 0 Å². The van der Waals surface area contributed by atoms with Gasteiger partial charge in [0.1, 0.15) is 5.25 Å². The highest BCUT2D eigenvalue weighted by Crippen LogP contribution is 2.29. The lowest BCUT2D eigenvalue weighted by molar-refractivity contribution is -0.117. The Kier molecular flexibility index (Phi) is 3.44. The first-order valence-corrected chi connectivity index (χ1v) is 7.53. The quantitative estimate of drug-likeness (QED) is 0.294. The van der Waals surface area contributed by atoms with Gasteiger partial charge in [-0.05, 0) is 0 Å². The Labute approximate surface area is 85.3 Å². The van der Waals surface area contributed by atoms with Crippen molar-refractivity contribution in [3.63, 3.8) is 0 Å². The molecule has 0 aliphatic carbocycles. The van der Waals surface area contributed by atoms with Crippen LogP contribution in [0.4, 0.5) is 0 Å². The minimum atomic E-state index is -4.44. The van der Waals surface area contributed by atoms with Crippen LogP contribution in [0, 0.1) is 0 Å². The third-order valence-corrected chi connectivity index (χ3v) is 6.22. The van der Waals surface area contributed by atoms with Gasteiger partial charge < -0.3 is 0 Å². The molecule has 1 aliphatic rings. The first-order chi connectivity index (χ1) is 6.26. The van der Waals surface area contributed by atoms with Gasteiger partial charge >= 0.3 is 0 Å². The molecule has 0 radical (unpaired) electrons. The summed E-state index contributed by atoms with van der Waals surface area (Å²) in [5.41, 5.74) is 0. The Bertz CT molecular complexity index is 395. The fourth-order valence-corrected chi connectivity index (χ4v) is 6.57. The zero-order valence-corrected chi connectivity index (χ0v) is 9.18. The summed E-state index contributed by atoms with van der Waals surface area (Å²) in [6.45, 7) is 0. The fourth-order valence-electron chi connectivity index (χ4n) is 1.21. The zero-order chi connectivity index (χ0) is 11.0. The summed E-state index contributed by atoms with van der Waals surface area (Å²) in [7, 11) is -7.94. The van der Waals surface area contributed by atoms with Gasteiger partial charge in [0, 0.05) is 12.0 Å². The number of rotatable bonds is 3. The summed E-state index contributed by atoms with van der Waals surface area (Å²) >= 11 is 0.313. The summed E-state index contributed by atoms with van der Waals surface area (Å²) in [5.74, 6) is -1.09. The SMILES string of the molecule is O=S1(=O)CC(SOO)C(S(=O)(=O)O)C1. The Morgan fingerprint density at radius 3 is 2.36 bits per heavy atom. The predicted octanol–water partition coefficient (Wildman–Crippen LogP) is -0.822. The number of hydrogen-bond acceptors (Lipinski definition) is 7. The van der Waals surface area contributed by atoms with E-state index >= 15 is 0 Å². The molecule has 2 unspecified atom stereocenters. The molecule has 1 saturated heterocycles. The van der Waals surface area contributed by atoms with Crippen LogP contribution in [0.15, 0.2) is 0 Å². The molecule has 0 aromatic heterocycles. The second-order valence-corrected chi connectivity index (χ2v) is 7.58. The Morgan fingerprint density at radius 1 is 1.36 bits per heavy atom. The van der Waals surface area contributed by atoms with E-state index < -0.39 is 42.0 Å². The zero-order valence-electron chi connectivity index (χ0n) is 6.73. The van der Waals surface area contributed by atoms with Gasteiger partial charge in [-0.15, -0.1) is 0 Å². The second-order valence-electron chi connectivity index (χ2n) is 2.84. The van der Waals surface area contributed by atoms with Crippen molar-refractivity contribution in [2.24, 2.45) is 0 Å². The molecule has 0 amide bonds. The van der Waals surface area contributed by atoms with Gasteiger partial charge in [-0.3, -0.25) is 4.55 Å². The van der Waals surface area contributed by atoms with Crippen LogP contribution in [0.3, 0.4) is 0 Å². The summed E-state index contributed by atoms with van der Waals surface area (Å²) in [6, 6.07) is 0. The topological polar surface area (TPSA) is 118 Å². The van der Waals surface area contributed by atoms with Crippen LogP contribution >= 0.6 is 12.0 Å². The molecule has 0 aromatic carbocycles. The van der Waals surface area contributed by atoms with Crippen molar-refractivity contribution < 1.29 is 31.0 Å². The summed E-state index contributed by atoms with van der Waals surface area (Å²) in [5, 5.41) is 5.63. The van der Waals surface area contributed by atoms with E-state index in [0.29, 0.717) is 12.0 Å². The third kappa shape index (κ3) is 2.81. The van der Waals surface area contributed by atoms with Crippen molar-refractivity contribution in [2.75, 3.05) is 11.5 Å². The molecule has 0 aromatic rings. The van der Waals surface area contributed by atoms with Crippen LogP contribution in [0.1, 0.15) is 0 Å². The molecular weight excluding hydrogens is 256 g/mol. The van der Waals surface area contributed by atoms with Gasteiger partial charge in [-0.25, -0.2) is 13.7 Å². The summed E-state index contributed by atoms with van der Waals surface area (Å²) < 4.78 is 55.9. The molecule has 1 heterocycles. The molecule has 2 atom stereocenters. The Hall–Kier alpha value is 0.130. The third-order valence-electron chi connectivity index (χ3n) is 1.80. The van der Waals surface area contributed by atoms with Gasteiger partial charge in [0.15, 0.2) is 9.84 Å². The molecule has 14 heavy (non-hydrogen) atoms. The standard InChI is InChI=1S/C4H8O7S3/c5-11-12-3-1-13(6,7)2-4(3)14(8,9)10/h3-5H,1-2H2,(H,8,9,10). The Balaban J connectivity index is 2.95. The molecule has 1 aliphatic heterocycles. The van der Waals surface area contributed by atoms with Crippen LogP contribution in [0.2, 0.25) is 0 Å². The second kappa shape index (κ2) is 3.94. The van der Waals surface area contributed by atoms with Crippen molar-refractivity contribution in [3.05, 3.63) is 0 Å². The largest absolute Gasteiger partial charge is 0.285 e. The van der Waals surface area contributed by atoms with Gasteiger partial charge in [-0.1, -0.05) is 0 Å². The maximum absolute atomic E-state index is 11.0. The van der Waals surface area contributed by atoms with E-state index in [1.807, 2.05) is 0 Å². The van der Waals surface area contributed by atoms with E-state index in [-0.39, 0.29) is 0 Å². The van der Waals surface area contributed by atoms with Crippen LogP contribution < -0.4 is 0 Å². The van der Waals surface area contributed by atoms with Crippen LogP contribution in [0.5, 0.6) is 0 Å². The first kappa shape index (κ1) is 12.2. The van der Waals surface area contributed by atoms with Crippen molar-refractivity contribution in [2.45, 2.75) is 10.5 Å². The highest BCUT2D eigenvalue weighted by Gasteiger charge is 2.45. The number of hydrogen-bond donors (Lipinski definition) is 2. The molecule has 0 spiro atoms. The van der Waals surface area contributed by atoms with Crippen LogP contribution in [-0.2, 0) is 24.3 Å². The normalized spacial score (nSPS) is 31.9. The lowest BCUT2D eigenvalue weighted by Gasteiger charge is -2.10.